The normalized spacial score (nSPS) is 15.4. The number of ether oxygens (including phenoxy) is 1. The van der Waals surface area contributed by atoms with E-state index < -0.39 is 5.91 Å². The van der Waals surface area contributed by atoms with E-state index in [4.69, 9.17) is 17.0 Å². The fourth-order valence-corrected chi connectivity index (χ4v) is 3.52. The lowest BCUT2D eigenvalue weighted by atomic mass is 10.2. The van der Waals surface area contributed by atoms with Crippen LogP contribution in [-0.2, 0) is 4.79 Å². The molecular weight excluding hydrogens is 368 g/mol. The van der Waals surface area contributed by atoms with E-state index in [1.54, 1.807) is 30.3 Å². The monoisotopic (exact) mass is 384 g/mol. The third-order valence-corrected chi connectivity index (χ3v) is 4.85. The molecule has 0 atom stereocenters. The molecule has 3 rings (SSSR count). The number of thioether (sulfide) groups is 1. The molecule has 132 valence electrons. The summed E-state index contributed by atoms with van der Waals surface area (Å²) in [4.78, 5) is 25.4. The molecule has 2 aromatic rings. The molecule has 2 amide bonds. The Kier molecular flexibility index (Phi) is 5.70. The van der Waals surface area contributed by atoms with E-state index in [9.17, 15) is 9.59 Å². The first kappa shape index (κ1) is 18.2. The zero-order chi connectivity index (χ0) is 18.5. The molecule has 1 aliphatic heterocycles. The van der Waals surface area contributed by atoms with Crippen molar-refractivity contribution >= 4 is 46.2 Å². The van der Waals surface area contributed by atoms with Crippen molar-refractivity contribution < 1.29 is 14.3 Å². The Balaban J connectivity index is 1.80. The van der Waals surface area contributed by atoms with E-state index >= 15 is 0 Å². The van der Waals surface area contributed by atoms with Gasteiger partial charge in [-0.05, 0) is 43.4 Å². The minimum Gasteiger partial charge on any atom is -0.493 e. The van der Waals surface area contributed by atoms with Crippen molar-refractivity contribution in [3.8, 4) is 5.75 Å². The number of carbonyl (C=O) groups excluding carboxylic acids is 2. The average molecular weight is 384 g/mol. The zero-order valence-corrected chi connectivity index (χ0v) is 15.6. The number of hydrogen-bond acceptors (Lipinski definition) is 5. The van der Waals surface area contributed by atoms with Gasteiger partial charge in [0, 0.05) is 11.1 Å². The number of amides is 2. The van der Waals surface area contributed by atoms with Gasteiger partial charge < -0.3 is 4.74 Å². The second kappa shape index (κ2) is 8.16. The second-order valence-corrected chi connectivity index (χ2v) is 6.97. The first-order valence-corrected chi connectivity index (χ1v) is 9.18. The van der Waals surface area contributed by atoms with Crippen LogP contribution in [0.1, 0.15) is 22.8 Å². The summed E-state index contributed by atoms with van der Waals surface area (Å²) in [5, 5.41) is 1.10. The molecule has 26 heavy (non-hydrogen) atoms. The zero-order valence-electron chi connectivity index (χ0n) is 14.0. The molecule has 7 heteroatoms. The van der Waals surface area contributed by atoms with Crippen LogP contribution in [0, 0.1) is 0 Å². The number of para-hydroxylation sites is 1. The molecule has 1 N–H and O–H groups in total. The summed E-state index contributed by atoms with van der Waals surface area (Å²) in [5.74, 6) is -0.0676. The molecule has 2 aromatic carbocycles. The van der Waals surface area contributed by atoms with Crippen molar-refractivity contribution in [3.63, 3.8) is 0 Å². The Labute approximate surface area is 161 Å². The van der Waals surface area contributed by atoms with Crippen molar-refractivity contribution in [2.75, 3.05) is 6.61 Å². The van der Waals surface area contributed by atoms with Crippen LogP contribution in [-0.4, -0.2) is 27.8 Å². The molecule has 1 fully saturated rings. The van der Waals surface area contributed by atoms with Crippen molar-refractivity contribution in [1.82, 2.24) is 10.4 Å². The Morgan fingerprint density at radius 1 is 1.19 bits per heavy atom. The molecule has 0 unspecified atom stereocenters. The van der Waals surface area contributed by atoms with Gasteiger partial charge in [0.2, 0.25) is 0 Å². The molecule has 0 radical (unpaired) electrons. The van der Waals surface area contributed by atoms with E-state index in [1.807, 2.05) is 37.3 Å². The quantitative estimate of drug-likeness (QED) is 0.630. The van der Waals surface area contributed by atoms with Gasteiger partial charge in [-0.1, -0.05) is 48.2 Å². The second-order valence-electron chi connectivity index (χ2n) is 5.29. The smallest absolute Gasteiger partial charge is 0.285 e. The number of hydrazine groups is 1. The molecular formula is C19H16N2O3S2. The van der Waals surface area contributed by atoms with Gasteiger partial charge in [0.25, 0.3) is 11.8 Å². The molecule has 1 aliphatic rings. The largest absolute Gasteiger partial charge is 0.493 e. The number of nitrogens with zero attached hydrogens (tertiary/aromatic N) is 1. The molecule has 5 nitrogen and oxygen atoms in total. The van der Waals surface area contributed by atoms with Crippen LogP contribution in [0.2, 0.25) is 0 Å². The van der Waals surface area contributed by atoms with Crippen LogP contribution in [0.3, 0.4) is 0 Å². The Hall–Kier alpha value is -2.64. The summed E-state index contributed by atoms with van der Waals surface area (Å²) in [6, 6.07) is 16.1. The van der Waals surface area contributed by atoms with E-state index in [2.05, 4.69) is 5.43 Å². The van der Waals surface area contributed by atoms with Gasteiger partial charge >= 0.3 is 0 Å². The third kappa shape index (κ3) is 3.95. The maximum Gasteiger partial charge on any atom is 0.285 e. The number of rotatable bonds is 5. The summed E-state index contributed by atoms with van der Waals surface area (Å²) in [5.41, 5.74) is 3.79. The molecule has 0 bridgehead atoms. The Morgan fingerprint density at radius 3 is 2.62 bits per heavy atom. The first-order chi connectivity index (χ1) is 12.6. The van der Waals surface area contributed by atoms with E-state index in [0.29, 0.717) is 22.8 Å². The molecule has 0 saturated carbocycles. The van der Waals surface area contributed by atoms with Gasteiger partial charge in [0.05, 0.1) is 11.5 Å². The first-order valence-electron chi connectivity index (χ1n) is 7.96. The number of thiocarbonyl (C=S) groups is 1. The standard InChI is InChI=1S/C19H16N2O3S2/c1-2-24-15-11-7-6-10-14(15)12-16-18(23)21(19(25)26-16)20-17(22)13-8-4-3-5-9-13/h3-12H,2H2,1H3,(H,20,22). The predicted molar refractivity (Wildman–Crippen MR) is 107 cm³/mol. The SMILES string of the molecule is CCOc1ccccc1C=C1SC(=S)N(NC(=O)c2ccccc2)C1=O. The lowest BCUT2D eigenvalue weighted by molar-refractivity contribution is -0.123. The summed E-state index contributed by atoms with van der Waals surface area (Å²) in [6.07, 6.45) is 1.72. The average Bonchev–Trinajstić information content (AvgIpc) is 2.91. The van der Waals surface area contributed by atoms with Crippen molar-refractivity contribution in [2.45, 2.75) is 6.92 Å². The van der Waals surface area contributed by atoms with E-state index in [1.165, 1.54) is 0 Å². The highest BCUT2D eigenvalue weighted by molar-refractivity contribution is 8.26. The summed E-state index contributed by atoms with van der Waals surface area (Å²) in [6.45, 7) is 2.42. The summed E-state index contributed by atoms with van der Waals surface area (Å²) >= 11 is 6.38. The van der Waals surface area contributed by atoms with Gasteiger partial charge in [-0.25, -0.2) is 0 Å². The lowest BCUT2D eigenvalue weighted by Crippen LogP contribution is -2.44. The van der Waals surface area contributed by atoms with Gasteiger partial charge in [-0.15, -0.1) is 0 Å². The minimum atomic E-state index is -0.391. The molecule has 0 aromatic heterocycles. The van der Waals surface area contributed by atoms with Crippen molar-refractivity contribution in [3.05, 3.63) is 70.6 Å². The fraction of sp³-hybridized carbons (Fsp3) is 0.105. The van der Waals surface area contributed by atoms with Gasteiger partial charge in [0.15, 0.2) is 4.32 Å². The summed E-state index contributed by atoms with van der Waals surface area (Å²) in [7, 11) is 0. The number of hydrogen-bond donors (Lipinski definition) is 1. The van der Waals surface area contributed by atoms with E-state index in [-0.39, 0.29) is 10.2 Å². The van der Waals surface area contributed by atoms with Crippen molar-refractivity contribution in [2.24, 2.45) is 0 Å². The van der Waals surface area contributed by atoms with Crippen LogP contribution in [0.4, 0.5) is 0 Å². The fourth-order valence-electron chi connectivity index (χ4n) is 2.35. The lowest BCUT2D eigenvalue weighted by Gasteiger charge is -2.15. The number of nitrogens with one attached hydrogen (secondary N) is 1. The summed E-state index contributed by atoms with van der Waals surface area (Å²) < 4.78 is 5.85. The molecule has 0 spiro atoms. The van der Waals surface area contributed by atoms with E-state index in [0.717, 1.165) is 22.3 Å². The van der Waals surface area contributed by atoms with Crippen LogP contribution >= 0.6 is 24.0 Å². The molecule has 0 aliphatic carbocycles. The van der Waals surface area contributed by atoms with Crippen LogP contribution in [0.15, 0.2) is 59.5 Å². The molecule has 1 saturated heterocycles. The Morgan fingerprint density at radius 2 is 1.88 bits per heavy atom. The number of benzene rings is 2. The van der Waals surface area contributed by atoms with Gasteiger partial charge in [-0.2, -0.15) is 5.01 Å². The maximum atomic E-state index is 12.7. The minimum absolute atomic E-state index is 0.277. The van der Waals surface area contributed by atoms with Crippen LogP contribution in [0.5, 0.6) is 5.75 Å². The molecule has 1 heterocycles. The maximum absolute atomic E-state index is 12.7. The number of carbonyl (C=O) groups is 2. The predicted octanol–water partition coefficient (Wildman–Crippen LogP) is 3.63. The van der Waals surface area contributed by atoms with Gasteiger partial charge in [-0.3, -0.25) is 15.0 Å². The highest BCUT2D eigenvalue weighted by atomic mass is 32.2. The topological polar surface area (TPSA) is 58.6 Å². The highest BCUT2D eigenvalue weighted by Gasteiger charge is 2.34. The van der Waals surface area contributed by atoms with Crippen molar-refractivity contribution in [1.29, 1.82) is 0 Å². The van der Waals surface area contributed by atoms with Crippen LogP contribution < -0.4 is 10.2 Å². The Bertz CT molecular complexity index is 881. The van der Waals surface area contributed by atoms with Gasteiger partial charge in [0.1, 0.15) is 5.75 Å². The third-order valence-electron chi connectivity index (χ3n) is 3.55. The van der Waals surface area contributed by atoms with Crippen LogP contribution in [0.25, 0.3) is 6.08 Å². The highest BCUT2D eigenvalue weighted by Crippen LogP contribution is 2.33.